The van der Waals surface area contributed by atoms with Crippen molar-refractivity contribution in [2.45, 2.75) is 0 Å². The maximum absolute atomic E-state index is 12.1. The average molecular weight is 381 g/mol. The van der Waals surface area contributed by atoms with Crippen molar-refractivity contribution in [3.8, 4) is 17.6 Å². The fraction of sp³-hybridized carbons (Fsp3) is 0.158. The molecule has 0 saturated carbocycles. The van der Waals surface area contributed by atoms with E-state index in [1.54, 1.807) is 36.4 Å². The molecule has 0 aliphatic carbocycles. The van der Waals surface area contributed by atoms with E-state index in [9.17, 15) is 14.4 Å². The molecular formula is C19H15N3O6. The van der Waals surface area contributed by atoms with Gasteiger partial charge in [-0.05, 0) is 42.5 Å². The monoisotopic (exact) mass is 381 g/mol. The van der Waals surface area contributed by atoms with Gasteiger partial charge in [-0.25, -0.2) is 0 Å². The minimum Gasteiger partial charge on any atom is -0.454 e. The van der Waals surface area contributed by atoms with Crippen LogP contribution in [-0.4, -0.2) is 37.7 Å². The van der Waals surface area contributed by atoms with E-state index in [1.165, 1.54) is 6.07 Å². The van der Waals surface area contributed by atoms with E-state index in [-0.39, 0.29) is 6.79 Å². The second-order valence-electron chi connectivity index (χ2n) is 5.65. The van der Waals surface area contributed by atoms with E-state index in [4.69, 9.17) is 19.5 Å². The number of fused-ring (bicyclic) bond motifs is 1. The molecule has 0 saturated heterocycles. The Labute approximate surface area is 159 Å². The second-order valence-corrected chi connectivity index (χ2v) is 5.65. The standard InChI is InChI=1S/C19H15N3O6/c20-8-12-1-4-14(5-2-12)22-17(23)10-26-18(24)9-21-19(25)13-3-6-15-16(7-13)28-11-27-15/h1-7H,9-11H2,(H,21,25)(H,22,23). The van der Waals surface area contributed by atoms with Crippen LogP contribution in [0.3, 0.4) is 0 Å². The number of rotatable bonds is 6. The average Bonchev–Trinajstić information content (AvgIpc) is 3.19. The zero-order chi connectivity index (χ0) is 19.9. The Hall–Kier alpha value is -4.06. The summed E-state index contributed by atoms with van der Waals surface area (Å²) in [5, 5.41) is 13.7. The molecule has 0 spiro atoms. The van der Waals surface area contributed by atoms with Crippen molar-refractivity contribution in [3.63, 3.8) is 0 Å². The van der Waals surface area contributed by atoms with E-state index in [2.05, 4.69) is 10.6 Å². The number of nitriles is 1. The van der Waals surface area contributed by atoms with Crippen LogP contribution >= 0.6 is 0 Å². The number of anilines is 1. The molecular weight excluding hydrogens is 366 g/mol. The second kappa shape index (κ2) is 8.55. The van der Waals surface area contributed by atoms with Crippen LogP contribution in [0, 0.1) is 11.3 Å². The van der Waals surface area contributed by atoms with Crippen LogP contribution in [0.4, 0.5) is 5.69 Å². The molecule has 2 aromatic rings. The quantitative estimate of drug-likeness (QED) is 0.720. The van der Waals surface area contributed by atoms with Gasteiger partial charge in [0.05, 0.1) is 11.6 Å². The Kier molecular flexibility index (Phi) is 5.72. The van der Waals surface area contributed by atoms with Crippen LogP contribution < -0.4 is 20.1 Å². The van der Waals surface area contributed by atoms with Crippen molar-refractivity contribution < 1.29 is 28.6 Å². The number of hydrogen-bond acceptors (Lipinski definition) is 7. The summed E-state index contributed by atoms with van der Waals surface area (Å²) < 4.78 is 15.2. The molecule has 142 valence electrons. The van der Waals surface area contributed by atoms with Crippen LogP contribution in [0.25, 0.3) is 0 Å². The van der Waals surface area contributed by atoms with E-state index >= 15 is 0 Å². The molecule has 1 heterocycles. The first-order valence-electron chi connectivity index (χ1n) is 8.18. The first-order chi connectivity index (χ1) is 13.5. The summed E-state index contributed by atoms with van der Waals surface area (Å²) in [5.74, 6) is -0.791. The molecule has 3 rings (SSSR count). The summed E-state index contributed by atoms with van der Waals surface area (Å²) in [6.07, 6.45) is 0. The van der Waals surface area contributed by atoms with Gasteiger partial charge < -0.3 is 24.8 Å². The summed E-state index contributed by atoms with van der Waals surface area (Å²) in [6, 6.07) is 12.8. The van der Waals surface area contributed by atoms with Gasteiger partial charge in [0, 0.05) is 11.3 Å². The van der Waals surface area contributed by atoms with Crippen molar-refractivity contribution >= 4 is 23.5 Å². The molecule has 9 heteroatoms. The fourth-order valence-electron chi connectivity index (χ4n) is 2.31. The molecule has 0 atom stereocenters. The number of hydrogen-bond donors (Lipinski definition) is 2. The smallest absolute Gasteiger partial charge is 0.325 e. The SMILES string of the molecule is N#Cc1ccc(NC(=O)COC(=O)CNC(=O)c2ccc3c(c2)OCO3)cc1. The summed E-state index contributed by atoms with van der Waals surface area (Å²) in [7, 11) is 0. The minimum absolute atomic E-state index is 0.0945. The molecule has 0 unspecified atom stereocenters. The highest BCUT2D eigenvalue weighted by Crippen LogP contribution is 2.32. The van der Waals surface area contributed by atoms with E-state index < -0.39 is 30.9 Å². The zero-order valence-electron chi connectivity index (χ0n) is 14.6. The normalized spacial score (nSPS) is 11.2. The highest BCUT2D eigenvalue weighted by molar-refractivity contribution is 5.97. The first kappa shape index (κ1) is 18.7. The molecule has 1 aliphatic heterocycles. The number of carbonyl (C=O) groups is 3. The molecule has 0 radical (unpaired) electrons. The van der Waals surface area contributed by atoms with Crippen LogP contribution in [-0.2, 0) is 14.3 Å². The molecule has 0 bridgehead atoms. The summed E-state index contributed by atoms with van der Waals surface area (Å²) in [5.41, 5.74) is 1.23. The minimum atomic E-state index is -0.760. The van der Waals surface area contributed by atoms with E-state index in [0.29, 0.717) is 28.3 Å². The van der Waals surface area contributed by atoms with Crippen molar-refractivity contribution in [1.82, 2.24) is 5.32 Å². The van der Waals surface area contributed by atoms with Crippen LogP contribution in [0.5, 0.6) is 11.5 Å². The molecule has 28 heavy (non-hydrogen) atoms. The Morgan fingerprint density at radius 3 is 2.57 bits per heavy atom. The first-order valence-corrected chi connectivity index (χ1v) is 8.18. The number of nitrogens with one attached hydrogen (secondary N) is 2. The molecule has 2 aromatic carbocycles. The van der Waals surface area contributed by atoms with Crippen molar-refractivity contribution in [1.29, 1.82) is 5.26 Å². The largest absolute Gasteiger partial charge is 0.454 e. The van der Waals surface area contributed by atoms with Gasteiger partial charge in [0.15, 0.2) is 18.1 Å². The lowest BCUT2D eigenvalue weighted by Gasteiger charge is -2.08. The molecule has 0 fully saturated rings. The van der Waals surface area contributed by atoms with Gasteiger partial charge in [-0.15, -0.1) is 0 Å². The highest BCUT2D eigenvalue weighted by Gasteiger charge is 2.17. The Bertz CT molecular complexity index is 949. The van der Waals surface area contributed by atoms with Crippen molar-refractivity contribution in [2.24, 2.45) is 0 Å². The zero-order valence-corrected chi connectivity index (χ0v) is 14.6. The predicted octanol–water partition coefficient (Wildman–Crippen LogP) is 1.20. The number of benzene rings is 2. The molecule has 0 aromatic heterocycles. The number of carbonyl (C=O) groups excluding carboxylic acids is 3. The van der Waals surface area contributed by atoms with E-state index in [1.807, 2.05) is 6.07 Å². The maximum Gasteiger partial charge on any atom is 0.325 e. The van der Waals surface area contributed by atoms with Crippen molar-refractivity contribution in [2.75, 3.05) is 25.3 Å². The third-order valence-electron chi connectivity index (χ3n) is 3.69. The van der Waals surface area contributed by atoms with Gasteiger partial charge in [-0.1, -0.05) is 0 Å². The topological polar surface area (TPSA) is 127 Å². The summed E-state index contributed by atoms with van der Waals surface area (Å²) in [6.45, 7) is -0.798. The summed E-state index contributed by atoms with van der Waals surface area (Å²) >= 11 is 0. The number of ether oxygens (including phenoxy) is 3. The van der Waals surface area contributed by atoms with Gasteiger partial charge in [0.2, 0.25) is 6.79 Å². The molecule has 2 amide bonds. The third kappa shape index (κ3) is 4.76. The van der Waals surface area contributed by atoms with Gasteiger partial charge in [-0.3, -0.25) is 14.4 Å². The Morgan fingerprint density at radius 2 is 1.82 bits per heavy atom. The van der Waals surface area contributed by atoms with Gasteiger partial charge in [0.25, 0.3) is 11.8 Å². The lowest BCUT2D eigenvalue weighted by atomic mass is 10.2. The number of esters is 1. The summed E-state index contributed by atoms with van der Waals surface area (Å²) in [4.78, 5) is 35.5. The van der Waals surface area contributed by atoms with E-state index in [0.717, 1.165) is 0 Å². The highest BCUT2D eigenvalue weighted by atomic mass is 16.7. The molecule has 9 nitrogen and oxygen atoms in total. The Morgan fingerprint density at radius 1 is 1.07 bits per heavy atom. The van der Waals surface area contributed by atoms with Crippen molar-refractivity contribution in [3.05, 3.63) is 53.6 Å². The lowest BCUT2D eigenvalue weighted by molar-refractivity contribution is -0.146. The third-order valence-corrected chi connectivity index (χ3v) is 3.69. The van der Waals surface area contributed by atoms with Crippen LogP contribution in [0.1, 0.15) is 15.9 Å². The van der Waals surface area contributed by atoms with Gasteiger partial charge in [-0.2, -0.15) is 5.26 Å². The Balaban J connectivity index is 1.40. The fourth-order valence-corrected chi connectivity index (χ4v) is 2.31. The lowest BCUT2D eigenvalue weighted by Crippen LogP contribution is -2.32. The number of nitrogens with zero attached hydrogens (tertiary/aromatic N) is 1. The van der Waals surface area contributed by atoms with Gasteiger partial charge in [0.1, 0.15) is 6.54 Å². The molecule has 2 N–H and O–H groups in total. The predicted molar refractivity (Wildman–Crippen MR) is 95.6 cm³/mol. The van der Waals surface area contributed by atoms with Gasteiger partial charge >= 0.3 is 5.97 Å². The van der Waals surface area contributed by atoms with Crippen LogP contribution in [0.2, 0.25) is 0 Å². The molecule has 1 aliphatic rings. The number of amides is 2. The maximum atomic E-state index is 12.1. The van der Waals surface area contributed by atoms with Crippen LogP contribution in [0.15, 0.2) is 42.5 Å².